The van der Waals surface area contributed by atoms with Crippen LogP contribution in [0.4, 0.5) is 5.69 Å². The van der Waals surface area contributed by atoms with Crippen molar-refractivity contribution in [3.8, 4) is 11.4 Å². The van der Waals surface area contributed by atoms with Crippen LogP contribution >= 0.6 is 23.5 Å². The van der Waals surface area contributed by atoms with Gasteiger partial charge in [-0.25, -0.2) is 0 Å². The van der Waals surface area contributed by atoms with Crippen molar-refractivity contribution in [3.63, 3.8) is 0 Å². The van der Waals surface area contributed by atoms with Gasteiger partial charge in [-0.15, -0.1) is 22.0 Å². The number of anilines is 1. The number of thioether (sulfide) groups is 2. The van der Waals surface area contributed by atoms with Crippen molar-refractivity contribution in [2.75, 3.05) is 17.2 Å². The van der Waals surface area contributed by atoms with Gasteiger partial charge in [0.2, 0.25) is 5.91 Å². The van der Waals surface area contributed by atoms with E-state index in [-0.39, 0.29) is 5.91 Å². The highest BCUT2D eigenvalue weighted by molar-refractivity contribution is 8.00. The number of carbonyl (C=O) groups is 1. The Balaban J connectivity index is 1.50. The Kier molecular flexibility index (Phi) is 5.50. The summed E-state index contributed by atoms with van der Waals surface area (Å²) in [6, 6.07) is 10.0. The lowest BCUT2D eigenvalue weighted by molar-refractivity contribution is -0.116. The average molecular weight is 415 g/mol. The molecule has 0 saturated heterocycles. The van der Waals surface area contributed by atoms with Gasteiger partial charge in [0.15, 0.2) is 11.0 Å². The maximum absolute atomic E-state index is 13.0. The molecule has 0 fully saturated rings. The van der Waals surface area contributed by atoms with Crippen molar-refractivity contribution >= 4 is 35.1 Å². The van der Waals surface area contributed by atoms with Gasteiger partial charge in [0.1, 0.15) is 5.76 Å². The molecule has 0 unspecified atom stereocenters. The van der Waals surface area contributed by atoms with Crippen molar-refractivity contribution in [2.45, 2.75) is 35.6 Å². The average Bonchev–Trinajstić information content (AvgIpc) is 3.21. The number of para-hydroxylation sites is 1. The summed E-state index contributed by atoms with van der Waals surface area (Å²) >= 11 is 3.25. The SMILES string of the molecule is Cc1occc1-c1nnc(SCC(=O)N2CC[C@@H](C)Sc3ccccc32)n1C. The van der Waals surface area contributed by atoms with Gasteiger partial charge in [0.05, 0.1) is 23.3 Å². The van der Waals surface area contributed by atoms with Gasteiger partial charge in [0.25, 0.3) is 0 Å². The molecule has 3 aromatic rings. The molecular weight excluding hydrogens is 392 g/mol. The summed E-state index contributed by atoms with van der Waals surface area (Å²) in [7, 11) is 1.91. The summed E-state index contributed by atoms with van der Waals surface area (Å²) in [5, 5.41) is 9.75. The standard InChI is InChI=1S/C20H22N4O2S2/c1-13-8-10-24(16-6-4-5-7-17(16)28-13)18(25)12-27-20-22-21-19(23(20)3)15-9-11-26-14(15)2/h4-7,9,11,13H,8,10,12H2,1-3H3/t13-/m1/s1. The van der Waals surface area contributed by atoms with Gasteiger partial charge in [0, 0.05) is 23.7 Å². The first kappa shape index (κ1) is 19.1. The molecule has 0 aliphatic carbocycles. The zero-order valence-electron chi connectivity index (χ0n) is 16.1. The minimum Gasteiger partial charge on any atom is -0.469 e. The predicted octanol–water partition coefficient (Wildman–Crippen LogP) is 4.39. The van der Waals surface area contributed by atoms with Crippen LogP contribution in [0.1, 0.15) is 19.1 Å². The van der Waals surface area contributed by atoms with E-state index < -0.39 is 0 Å². The third-order valence-corrected chi connectivity index (χ3v) is 7.05. The third-order valence-electron chi connectivity index (χ3n) is 4.80. The number of amides is 1. The summed E-state index contributed by atoms with van der Waals surface area (Å²) in [5.74, 6) is 1.96. The van der Waals surface area contributed by atoms with Crippen molar-refractivity contribution in [1.29, 1.82) is 0 Å². The summed E-state index contributed by atoms with van der Waals surface area (Å²) in [5.41, 5.74) is 1.93. The number of aromatic nitrogens is 3. The highest BCUT2D eigenvalue weighted by Crippen LogP contribution is 2.37. The highest BCUT2D eigenvalue weighted by atomic mass is 32.2. The molecule has 1 atom stereocenters. The van der Waals surface area contributed by atoms with Crippen LogP contribution in [0.5, 0.6) is 0 Å². The molecule has 1 amide bonds. The molecule has 0 bridgehead atoms. The lowest BCUT2D eigenvalue weighted by Gasteiger charge is -2.22. The van der Waals surface area contributed by atoms with Crippen LogP contribution in [0.3, 0.4) is 0 Å². The van der Waals surface area contributed by atoms with E-state index >= 15 is 0 Å². The summed E-state index contributed by atoms with van der Waals surface area (Å²) in [4.78, 5) is 16.1. The molecule has 146 valence electrons. The first-order valence-corrected chi connectivity index (χ1v) is 11.0. The quantitative estimate of drug-likeness (QED) is 0.590. The second-order valence-electron chi connectivity index (χ2n) is 6.77. The number of rotatable bonds is 4. The molecule has 2 aromatic heterocycles. The van der Waals surface area contributed by atoms with Crippen LogP contribution in [-0.2, 0) is 11.8 Å². The Hall–Kier alpha value is -2.19. The van der Waals surface area contributed by atoms with E-state index in [9.17, 15) is 4.79 Å². The fourth-order valence-electron chi connectivity index (χ4n) is 3.24. The van der Waals surface area contributed by atoms with E-state index in [1.54, 1.807) is 6.26 Å². The number of carbonyl (C=O) groups excluding carboxylic acids is 1. The molecule has 28 heavy (non-hydrogen) atoms. The molecule has 0 spiro atoms. The Morgan fingerprint density at radius 2 is 2.14 bits per heavy atom. The van der Waals surface area contributed by atoms with Crippen LogP contribution < -0.4 is 4.90 Å². The van der Waals surface area contributed by atoms with Crippen molar-refractivity contribution < 1.29 is 9.21 Å². The topological polar surface area (TPSA) is 64.2 Å². The molecule has 1 aliphatic heterocycles. The smallest absolute Gasteiger partial charge is 0.237 e. The third kappa shape index (κ3) is 3.71. The molecule has 3 heterocycles. The Labute approximate surface area is 172 Å². The number of benzene rings is 1. The Morgan fingerprint density at radius 1 is 1.32 bits per heavy atom. The van der Waals surface area contributed by atoms with E-state index in [1.165, 1.54) is 16.7 Å². The number of furan rings is 1. The largest absolute Gasteiger partial charge is 0.469 e. The maximum Gasteiger partial charge on any atom is 0.237 e. The molecule has 4 rings (SSSR count). The van der Waals surface area contributed by atoms with Crippen LogP contribution in [0.2, 0.25) is 0 Å². The van der Waals surface area contributed by atoms with Crippen molar-refractivity contribution in [3.05, 3.63) is 42.4 Å². The van der Waals surface area contributed by atoms with Crippen molar-refractivity contribution in [1.82, 2.24) is 14.8 Å². The lowest BCUT2D eigenvalue weighted by Crippen LogP contribution is -2.33. The van der Waals surface area contributed by atoms with Gasteiger partial charge in [-0.1, -0.05) is 30.8 Å². The fourth-order valence-corrected chi connectivity index (χ4v) is 5.14. The molecular formula is C20H22N4O2S2. The van der Waals surface area contributed by atoms with Gasteiger partial charge >= 0.3 is 0 Å². The van der Waals surface area contributed by atoms with E-state index in [0.717, 1.165) is 41.0 Å². The van der Waals surface area contributed by atoms with E-state index in [2.05, 4.69) is 23.2 Å². The second kappa shape index (κ2) is 8.05. The van der Waals surface area contributed by atoms with Gasteiger partial charge in [-0.05, 0) is 31.5 Å². The summed E-state index contributed by atoms with van der Waals surface area (Å²) in [6.45, 7) is 4.85. The summed E-state index contributed by atoms with van der Waals surface area (Å²) < 4.78 is 7.27. The van der Waals surface area contributed by atoms with Gasteiger partial charge in [-0.2, -0.15) is 0 Å². The number of aryl methyl sites for hydroxylation is 1. The zero-order valence-corrected chi connectivity index (χ0v) is 17.7. The Morgan fingerprint density at radius 3 is 2.93 bits per heavy atom. The van der Waals surface area contributed by atoms with Crippen LogP contribution in [-0.4, -0.2) is 38.2 Å². The monoisotopic (exact) mass is 414 g/mol. The second-order valence-corrected chi connectivity index (χ2v) is 9.20. The number of nitrogens with zero attached hydrogens (tertiary/aromatic N) is 4. The molecule has 8 heteroatoms. The Bertz CT molecular complexity index is 998. The minimum absolute atomic E-state index is 0.0937. The number of fused-ring (bicyclic) bond motifs is 1. The van der Waals surface area contributed by atoms with E-state index in [4.69, 9.17) is 4.42 Å². The van der Waals surface area contributed by atoms with Crippen LogP contribution in [0, 0.1) is 6.92 Å². The van der Waals surface area contributed by atoms with Crippen LogP contribution in [0.25, 0.3) is 11.4 Å². The molecule has 6 nitrogen and oxygen atoms in total. The first-order chi connectivity index (χ1) is 13.5. The highest BCUT2D eigenvalue weighted by Gasteiger charge is 2.25. The van der Waals surface area contributed by atoms with E-state index in [1.807, 2.05) is 59.5 Å². The molecule has 1 aromatic carbocycles. The number of hydrogen-bond acceptors (Lipinski definition) is 6. The molecule has 0 radical (unpaired) electrons. The number of hydrogen-bond donors (Lipinski definition) is 0. The minimum atomic E-state index is 0.0937. The maximum atomic E-state index is 13.0. The summed E-state index contributed by atoms with van der Waals surface area (Å²) in [6.07, 6.45) is 2.62. The molecule has 0 saturated carbocycles. The molecule has 1 aliphatic rings. The van der Waals surface area contributed by atoms with E-state index in [0.29, 0.717) is 11.0 Å². The van der Waals surface area contributed by atoms with Crippen molar-refractivity contribution in [2.24, 2.45) is 7.05 Å². The first-order valence-electron chi connectivity index (χ1n) is 9.17. The molecule has 0 N–H and O–H groups in total. The van der Waals surface area contributed by atoms with Gasteiger partial charge < -0.3 is 13.9 Å². The normalized spacial score (nSPS) is 16.7. The lowest BCUT2D eigenvalue weighted by atomic mass is 10.2. The predicted molar refractivity (Wildman–Crippen MR) is 113 cm³/mol. The fraction of sp³-hybridized carbons (Fsp3) is 0.350. The van der Waals surface area contributed by atoms with Crippen LogP contribution in [0.15, 0.2) is 51.1 Å². The van der Waals surface area contributed by atoms with Gasteiger partial charge in [-0.3, -0.25) is 4.79 Å². The zero-order chi connectivity index (χ0) is 19.7.